The second kappa shape index (κ2) is 4.48. The maximum atomic E-state index is 10.5. The lowest BCUT2D eigenvalue weighted by Crippen LogP contribution is -2.30. The third-order valence-corrected chi connectivity index (χ3v) is 3.30. The third kappa shape index (κ3) is 1.62. The number of aliphatic hydroxyl groups is 1. The van der Waals surface area contributed by atoms with Crippen molar-refractivity contribution in [3.8, 4) is 11.4 Å². The molecule has 0 saturated heterocycles. The van der Waals surface area contributed by atoms with Gasteiger partial charge in [-0.3, -0.25) is 9.97 Å². The molecule has 0 aliphatic heterocycles. The standard InChI is InChI=1S/C14H15N3O/c1-2-15-13-9-5-3-7-16-11(9)12-10(14(13)18)6-4-8-17-12/h3-8,13-15,18H,2H2,1H3. The predicted molar refractivity (Wildman–Crippen MR) is 68.8 cm³/mol. The Bertz CT molecular complexity index is 570. The number of nitrogens with zero attached hydrogens (tertiary/aromatic N) is 2. The molecule has 4 nitrogen and oxygen atoms in total. The van der Waals surface area contributed by atoms with Crippen molar-refractivity contribution >= 4 is 0 Å². The Labute approximate surface area is 106 Å². The van der Waals surface area contributed by atoms with Crippen LogP contribution in [0.2, 0.25) is 0 Å². The molecule has 0 radical (unpaired) electrons. The van der Waals surface area contributed by atoms with Crippen LogP contribution in [0.15, 0.2) is 36.7 Å². The first kappa shape index (κ1) is 11.3. The highest BCUT2D eigenvalue weighted by atomic mass is 16.3. The Morgan fingerprint density at radius 3 is 2.39 bits per heavy atom. The van der Waals surface area contributed by atoms with Crippen molar-refractivity contribution < 1.29 is 5.11 Å². The second-order valence-electron chi connectivity index (χ2n) is 4.36. The molecule has 0 amide bonds. The van der Waals surface area contributed by atoms with Crippen LogP contribution in [-0.2, 0) is 0 Å². The van der Waals surface area contributed by atoms with Crippen molar-refractivity contribution in [1.82, 2.24) is 15.3 Å². The van der Waals surface area contributed by atoms with Gasteiger partial charge in [0.15, 0.2) is 0 Å². The summed E-state index contributed by atoms with van der Waals surface area (Å²) in [7, 11) is 0. The van der Waals surface area contributed by atoms with E-state index in [2.05, 4.69) is 15.3 Å². The number of nitrogens with one attached hydrogen (secondary N) is 1. The molecule has 2 unspecified atom stereocenters. The van der Waals surface area contributed by atoms with Crippen LogP contribution in [0.5, 0.6) is 0 Å². The van der Waals surface area contributed by atoms with Gasteiger partial charge >= 0.3 is 0 Å². The van der Waals surface area contributed by atoms with Gasteiger partial charge in [-0.2, -0.15) is 0 Å². The number of pyridine rings is 2. The number of hydrogen-bond acceptors (Lipinski definition) is 4. The summed E-state index contributed by atoms with van der Waals surface area (Å²) in [5, 5.41) is 13.8. The van der Waals surface area contributed by atoms with Crippen molar-refractivity contribution in [2.45, 2.75) is 19.1 Å². The van der Waals surface area contributed by atoms with E-state index in [1.165, 1.54) is 0 Å². The minimum Gasteiger partial charge on any atom is -0.386 e. The van der Waals surface area contributed by atoms with Crippen LogP contribution in [0.1, 0.15) is 30.2 Å². The summed E-state index contributed by atoms with van der Waals surface area (Å²) >= 11 is 0. The molecule has 0 saturated carbocycles. The van der Waals surface area contributed by atoms with Gasteiger partial charge in [-0.15, -0.1) is 0 Å². The molecule has 0 bridgehead atoms. The van der Waals surface area contributed by atoms with Crippen LogP contribution in [0.3, 0.4) is 0 Å². The molecule has 0 aromatic carbocycles. The first-order chi connectivity index (χ1) is 8.83. The Morgan fingerprint density at radius 1 is 1.11 bits per heavy atom. The monoisotopic (exact) mass is 241 g/mol. The van der Waals surface area contributed by atoms with E-state index in [0.29, 0.717) is 0 Å². The maximum Gasteiger partial charge on any atom is 0.101 e. The summed E-state index contributed by atoms with van der Waals surface area (Å²) in [6, 6.07) is 7.53. The van der Waals surface area contributed by atoms with Gasteiger partial charge < -0.3 is 10.4 Å². The van der Waals surface area contributed by atoms with E-state index in [4.69, 9.17) is 0 Å². The Hall–Kier alpha value is -1.78. The SMILES string of the molecule is CCNC1c2cccnc2-c2ncccc2C1O. The molecule has 18 heavy (non-hydrogen) atoms. The Kier molecular flexibility index (Phi) is 2.81. The van der Waals surface area contributed by atoms with Gasteiger partial charge in [-0.25, -0.2) is 0 Å². The van der Waals surface area contributed by atoms with Gasteiger partial charge in [0.1, 0.15) is 6.10 Å². The highest BCUT2D eigenvalue weighted by Gasteiger charge is 2.33. The summed E-state index contributed by atoms with van der Waals surface area (Å²) < 4.78 is 0. The van der Waals surface area contributed by atoms with Gasteiger partial charge in [-0.1, -0.05) is 19.1 Å². The highest BCUT2D eigenvalue weighted by molar-refractivity contribution is 5.67. The summed E-state index contributed by atoms with van der Waals surface area (Å²) in [5.74, 6) is 0. The van der Waals surface area contributed by atoms with Crippen molar-refractivity contribution in [1.29, 1.82) is 0 Å². The van der Waals surface area contributed by atoms with Crippen molar-refractivity contribution in [3.63, 3.8) is 0 Å². The smallest absolute Gasteiger partial charge is 0.101 e. The largest absolute Gasteiger partial charge is 0.386 e. The molecule has 0 spiro atoms. The molecule has 2 aromatic heterocycles. The minimum atomic E-state index is -0.578. The van der Waals surface area contributed by atoms with Crippen LogP contribution < -0.4 is 5.32 Å². The number of fused-ring (bicyclic) bond motifs is 3. The van der Waals surface area contributed by atoms with Gasteiger partial charge in [0.05, 0.1) is 17.4 Å². The van der Waals surface area contributed by atoms with E-state index in [-0.39, 0.29) is 6.04 Å². The lowest BCUT2D eigenvalue weighted by Gasteiger charge is -2.31. The lowest BCUT2D eigenvalue weighted by molar-refractivity contribution is 0.127. The number of likely N-dealkylation sites (N-methyl/N-ethyl adjacent to an activating group) is 1. The van der Waals surface area contributed by atoms with Crippen LogP contribution >= 0.6 is 0 Å². The molecule has 2 aromatic rings. The third-order valence-electron chi connectivity index (χ3n) is 3.30. The Morgan fingerprint density at radius 2 is 1.72 bits per heavy atom. The van der Waals surface area contributed by atoms with Crippen LogP contribution in [0, 0.1) is 0 Å². The number of aliphatic hydroxyl groups excluding tert-OH is 1. The molecule has 2 N–H and O–H groups in total. The van der Waals surface area contributed by atoms with Crippen LogP contribution in [0.4, 0.5) is 0 Å². The fraction of sp³-hybridized carbons (Fsp3) is 0.286. The lowest BCUT2D eigenvalue weighted by atomic mass is 9.86. The predicted octanol–water partition coefficient (Wildman–Crippen LogP) is 1.84. The zero-order valence-corrected chi connectivity index (χ0v) is 10.2. The molecule has 1 aliphatic rings. The molecule has 2 atom stereocenters. The molecule has 0 fully saturated rings. The number of aromatic nitrogens is 2. The van der Waals surface area contributed by atoms with E-state index in [0.717, 1.165) is 29.1 Å². The molecule has 1 aliphatic carbocycles. The first-order valence-corrected chi connectivity index (χ1v) is 6.14. The molecule has 2 heterocycles. The topological polar surface area (TPSA) is 58.0 Å². The quantitative estimate of drug-likeness (QED) is 0.842. The molecular weight excluding hydrogens is 226 g/mol. The molecule has 92 valence electrons. The Balaban J connectivity index is 2.21. The van der Waals surface area contributed by atoms with E-state index in [9.17, 15) is 5.11 Å². The van der Waals surface area contributed by atoms with Crippen LogP contribution in [0.25, 0.3) is 11.4 Å². The van der Waals surface area contributed by atoms with Gasteiger partial charge in [0.2, 0.25) is 0 Å². The van der Waals surface area contributed by atoms with E-state index in [1.807, 2.05) is 31.2 Å². The van der Waals surface area contributed by atoms with Gasteiger partial charge in [0.25, 0.3) is 0 Å². The molecular formula is C14H15N3O. The summed E-state index contributed by atoms with van der Waals surface area (Å²) in [5.41, 5.74) is 3.51. The maximum absolute atomic E-state index is 10.5. The summed E-state index contributed by atoms with van der Waals surface area (Å²) in [6.45, 7) is 2.83. The van der Waals surface area contributed by atoms with E-state index in [1.54, 1.807) is 12.4 Å². The number of hydrogen-bond donors (Lipinski definition) is 2. The van der Waals surface area contributed by atoms with E-state index < -0.39 is 6.10 Å². The average molecular weight is 241 g/mol. The van der Waals surface area contributed by atoms with Crippen molar-refractivity contribution in [2.24, 2.45) is 0 Å². The zero-order valence-electron chi connectivity index (χ0n) is 10.2. The first-order valence-electron chi connectivity index (χ1n) is 6.14. The fourth-order valence-corrected chi connectivity index (χ4v) is 2.51. The fourth-order valence-electron chi connectivity index (χ4n) is 2.51. The van der Waals surface area contributed by atoms with Crippen LogP contribution in [-0.4, -0.2) is 21.6 Å². The average Bonchev–Trinajstić information content (AvgIpc) is 2.43. The van der Waals surface area contributed by atoms with Gasteiger partial charge in [-0.05, 0) is 24.2 Å². The number of rotatable bonds is 2. The minimum absolute atomic E-state index is 0.115. The second-order valence-corrected chi connectivity index (χ2v) is 4.36. The van der Waals surface area contributed by atoms with Crippen molar-refractivity contribution in [3.05, 3.63) is 47.8 Å². The van der Waals surface area contributed by atoms with Crippen molar-refractivity contribution in [2.75, 3.05) is 6.54 Å². The zero-order chi connectivity index (χ0) is 12.5. The summed E-state index contributed by atoms with van der Waals surface area (Å²) in [6.07, 6.45) is 2.92. The summed E-state index contributed by atoms with van der Waals surface area (Å²) in [4.78, 5) is 8.77. The normalized spacial score (nSPS) is 21.2. The van der Waals surface area contributed by atoms with Gasteiger partial charge in [0, 0.05) is 18.0 Å². The highest BCUT2D eigenvalue weighted by Crippen LogP contribution is 2.41. The molecule has 4 heteroatoms. The van der Waals surface area contributed by atoms with E-state index >= 15 is 0 Å². The molecule has 3 rings (SSSR count).